The second kappa shape index (κ2) is 7.65. The van der Waals surface area contributed by atoms with Gasteiger partial charge < -0.3 is 15.2 Å². The number of carbonyl (C=O) groups excluding carboxylic acids is 2. The third-order valence-corrected chi connectivity index (χ3v) is 3.36. The van der Waals surface area contributed by atoms with Crippen LogP contribution in [0.3, 0.4) is 0 Å². The van der Waals surface area contributed by atoms with Crippen LogP contribution in [-0.4, -0.2) is 23.6 Å². The molecular weight excluding hydrogens is 318 g/mol. The number of amides is 1. The van der Waals surface area contributed by atoms with E-state index in [1.807, 2.05) is 0 Å². The van der Waals surface area contributed by atoms with Crippen molar-refractivity contribution in [1.82, 2.24) is 5.32 Å². The highest BCUT2D eigenvalue weighted by Crippen LogP contribution is 2.19. The molecule has 0 bridgehead atoms. The summed E-state index contributed by atoms with van der Waals surface area (Å²) in [7, 11) is 0. The molecule has 0 spiro atoms. The number of ether oxygens (including phenoxy) is 1. The van der Waals surface area contributed by atoms with Crippen molar-refractivity contribution < 1.29 is 19.4 Å². The highest BCUT2D eigenvalue weighted by Gasteiger charge is 2.14. The van der Waals surface area contributed by atoms with Gasteiger partial charge in [-0.1, -0.05) is 29.8 Å². The number of nitrogens with one attached hydrogen (secondary N) is 1. The van der Waals surface area contributed by atoms with Gasteiger partial charge >= 0.3 is 5.97 Å². The van der Waals surface area contributed by atoms with Crippen LogP contribution in [0.1, 0.15) is 21.5 Å². The molecule has 0 heterocycles. The molecule has 2 N–H and O–H groups in total. The molecule has 0 atom stereocenters. The number of benzene rings is 2. The highest BCUT2D eigenvalue weighted by atomic mass is 35.5. The molecule has 6 heteroatoms. The molecule has 2 aromatic rings. The standard InChI is InChI=1S/C17H16ClNO4/c1-11-2-7-14(15(20)8-11)17(22)23-10-16(21)19-9-12-3-5-13(18)6-4-12/h2-8,20H,9-10H2,1H3,(H,19,21). The van der Waals surface area contributed by atoms with Gasteiger partial charge in [-0.2, -0.15) is 0 Å². The van der Waals surface area contributed by atoms with Crippen molar-refractivity contribution in [3.63, 3.8) is 0 Å². The van der Waals surface area contributed by atoms with Gasteiger partial charge in [0.05, 0.1) is 0 Å². The van der Waals surface area contributed by atoms with Crippen molar-refractivity contribution in [2.24, 2.45) is 0 Å². The van der Waals surface area contributed by atoms with Crippen molar-refractivity contribution in [3.8, 4) is 5.75 Å². The molecule has 2 aromatic carbocycles. The van der Waals surface area contributed by atoms with Crippen LogP contribution in [0.5, 0.6) is 5.75 Å². The van der Waals surface area contributed by atoms with Gasteiger partial charge in [0.15, 0.2) is 6.61 Å². The molecule has 1 amide bonds. The minimum Gasteiger partial charge on any atom is -0.507 e. The average molecular weight is 334 g/mol. The first-order chi connectivity index (χ1) is 11.0. The first kappa shape index (κ1) is 16.8. The first-order valence-electron chi connectivity index (χ1n) is 6.93. The maximum absolute atomic E-state index is 11.8. The Morgan fingerprint density at radius 2 is 1.87 bits per heavy atom. The van der Waals surface area contributed by atoms with E-state index in [0.29, 0.717) is 11.6 Å². The molecule has 0 radical (unpaired) electrons. The molecule has 0 saturated heterocycles. The molecule has 23 heavy (non-hydrogen) atoms. The smallest absolute Gasteiger partial charge is 0.342 e. The van der Waals surface area contributed by atoms with Crippen molar-refractivity contribution >= 4 is 23.5 Å². The van der Waals surface area contributed by atoms with E-state index >= 15 is 0 Å². The summed E-state index contributed by atoms with van der Waals surface area (Å²) in [5.41, 5.74) is 1.73. The van der Waals surface area contributed by atoms with Crippen LogP contribution in [0.15, 0.2) is 42.5 Å². The lowest BCUT2D eigenvalue weighted by Crippen LogP contribution is -2.28. The Morgan fingerprint density at radius 1 is 1.17 bits per heavy atom. The van der Waals surface area contributed by atoms with Crippen LogP contribution in [0, 0.1) is 6.92 Å². The SMILES string of the molecule is Cc1ccc(C(=O)OCC(=O)NCc2ccc(Cl)cc2)c(O)c1. The van der Waals surface area contributed by atoms with E-state index < -0.39 is 18.5 Å². The van der Waals surface area contributed by atoms with Crippen molar-refractivity contribution in [2.45, 2.75) is 13.5 Å². The number of aromatic hydroxyl groups is 1. The van der Waals surface area contributed by atoms with Gasteiger partial charge in [0.2, 0.25) is 0 Å². The summed E-state index contributed by atoms with van der Waals surface area (Å²) >= 11 is 5.77. The number of halogens is 1. The van der Waals surface area contributed by atoms with E-state index in [0.717, 1.165) is 11.1 Å². The third-order valence-electron chi connectivity index (χ3n) is 3.11. The van der Waals surface area contributed by atoms with Crippen LogP contribution in [0.2, 0.25) is 5.02 Å². The van der Waals surface area contributed by atoms with E-state index in [4.69, 9.17) is 16.3 Å². The van der Waals surface area contributed by atoms with E-state index in [9.17, 15) is 14.7 Å². The minimum absolute atomic E-state index is 0.0288. The van der Waals surface area contributed by atoms with Gasteiger partial charge in [-0.05, 0) is 42.3 Å². The van der Waals surface area contributed by atoms with Crippen LogP contribution >= 0.6 is 11.6 Å². The summed E-state index contributed by atoms with van der Waals surface area (Å²) in [5.74, 6) is -1.35. The molecule has 0 unspecified atom stereocenters. The zero-order valence-corrected chi connectivity index (χ0v) is 13.3. The van der Waals surface area contributed by atoms with Gasteiger partial charge in [-0.25, -0.2) is 4.79 Å². The summed E-state index contributed by atoms with van der Waals surface area (Å²) < 4.78 is 4.89. The number of carbonyl (C=O) groups is 2. The first-order valence-corrected chi connectivity index (χ1v) is 7.31. The van der Waals surface area contributed by atoms with Crippen molar-refractivity contribution in [1.29, 1.82) is 0 Å². The molecular formula is C17H16ClNO4. The van der Waals surface area contributed by atoms with Crippen LogP contribution in [-0.2, 0) is 16.1 Å². The molecule has 0 aliphatic rings. The van der Waals surface area contributed by atoms with Gasteiger partial charge in [0.25, 0.3) is 5.91 Å². The zero-order valence-electron chi connectivity index (χ0n) is 12.5. The Bertz CT molecular complexity index is 713. The molecule has 0 aliphatic heterocycles. The summed E-state index contributed by atoms with van der Waals surface area (Å²) in [4.78, 5) is 23.5. The van der Waals surface area contributed by atoms with Crippen molar-refractivity contribution in [2.75, 3.05) is 6.61 Å². The lowest BCUT2D eigenvalue weighted by Gasteiger charge is -2.08. The Labute approximate surface area is 138 Å². The van der Waals surface area contributed by atoms with E-state index in [1.54, 1.807) is 37.3 Å². The lowest BCUT2D eigenvalue weighted by atomic mass is 10.1. The van der Waals surface area contributed by atoms with Gasteiger partial charge in [-0.3, -0.25) is 4.79 Å². The molecule has 0 fully saturated rings. The predicted molar refractivity (Wildman–Crippen MR) is 86.4 cm³/mol. The van der Waals surface area contributed by atoms with Gasteiger partial charge in [0.1, 0.15) is 11.3 Å². The fourth-order valence-corrected chi connectivity index (χ4v) is 2.00. The minimum atomic E-state index is -0.746. The number of hydrogen-bond acceptors (Lipinski definition) is 4. The second-order valence-electron chi connectivity index (χ2n) is 5.00. The average Bonchev–Trinajstić information content (AvgIpc) is 2.52. The summed E-state index contributed by atoms with van der Waals surface area (Å²) in [5, 5.41) is 12.9. The number of hydrogen-bond donors (Lipinski definition) is 2. The number of aryl methyl sites for hydroxylation is 1. The maximum Gasteiger partial charge on any atom is 0.342 e. The van der Waals surface area contributed by atoms with E-state index in [1.165, 1.54) is 12.1 Å². The molecule has 2 rings (SSSR count). The largest absolute Gasteiger partial charge is 0.507 e. The lowest BCUT2D eigenvalue weighted by molar-refractivity contribution is -0.124. The zero-order chi connectivity index (χ0) is 16.8. The highest BCUT2D eigenvalue weighted by molar-refractivity contribution is 6.30. The Morgan fingerprint density at radius 3 is 2.52 bits per heavy atom. The van der Waals surface area contributed by atoms with Crippen LogP contribution in [0.4, 0.5) is 0 Å². The van der Waals surface area contributed by atoms with Crippen LogP contribution < -0.4 is 5.32 Å². The summed E-state index contributed by atoms with van der Waals surface area (Å²) in [6.45, 7) is 1.68. The van der Waals surface area contributed by atoms with Gasteiger partial charge in [-0.15, -0.1) is 0 Å². The topological polar surface area (TPSA) is 75.6 Å². The van der Waals surface area contributed by atoms with Gasteiger partial charge in [0, 0.05) is 11.6 Å². The maximum atomic E-state index is 11.8. The number of phenolic OH excluding ortho intramolecular Hbond substituents is 1. The van der Waals surface area contributed by atoms with Crippen LogP contribution in [0.25, 0.3) is 0 Å². The Balaban J connectivity index is 1.81. The fraction of sp³-hybridized carbons (Fsp3) is 0.176. The number of phenols is 1. The quantitative estimate of drug-likeness (QED) is 0.825. The summed E-state index contributed by atoms with van der Waals surface area (Å²) in [6.07, 6.45) is 0. The molecule has 0 aromatic heterocycles. The van der Waals surface area contributed by atoms with Crippen molar-refractivity contribution in [3.05, 3.63) is 64.2 Å². The van der Waals surface area contributed by atoms with E-state index in [-0.39, 0.29) is 11.3 Å². The molecule has 5 nitrogen and oxygen atoms in total. The monoisotopic (exact) mass is 333 g/mol. The number of esters is 1. The normalized spacial score (nSPS) is 10.2. The Kier molecular flexibility index (Phi) is 5.60. The number of rotatable bonds is 5. The second-order valence-corrected chi connectivity index (χ2v) is 5.44. The third kappa shape index (κ3) is 5.00. The molecule has 0 aliphatic carbocycles. The molecule has 0 saturated carbocycles. The molecule has 120 valence electrons. The van der Waals surface area contributed by atoms with E-state index in [2.05, 4.69) is 5.32 Å². The fourth-order valence-electron chi connectivity index (χ4n) is 1.88. The summed E-state index contributed by atoms with van der Waals surface area (Å²) in [6, 6.07) is 11.6. The predicted octanol–water partition coefficient (Wildman–Crippen LogP) is 2.83. The Hall–Kier alpha value is -2.53.